The minimum absolute atomic E-state index is 0.00590. The lowest BCUT2D eigenvalue weighted by atomic mass is 10.1. The summed E-state index contributed by atoms with van der Waals surface area (Å²) in [6, 6.07) is 0. The molecule has 0 aliphatic heterocycles. The van der Waals surface area contributed by atoms with Gasteiger partial charge in [0.2, 0.25) is 5.91 Å². The van der Waals surface area contributed by atoms with Gasteiger partial charge in [-0.15, -0.1) is 0 Å². The van der Waals surface area contributed by atoms with Gasteiger partial charge in [-0.2, -0.15) is 13.2 Å². The van der Waals surface area contributed by atoms with Gasteiger partial charge in [0.1, 0.15) is 6.54 Å². The molecule has 0 heterocycles. The molecule has 3 nitrogen and oxygen atoms in total. The van der Waals surface area contributed by atoms with Crippen LogP contribution in [0.5, 0.6) is 0 Å². The summed E-state index contributed by atoms with van der Waals surface area (Å²) in [6.07, 6.45) is -3.95. The molecule has 0 radical (unpaired) electrons. The van der Waals surface area contributed by atoms with E-state index in [2.05, 4.69) is 0 Å². The molecule has 0 bridgehead atoms. The normalized spacial score (nSPS) is 13.9. The molecule has 0 saturated heterocycles. The van der Waals surface area contributed by atoms with Crippen molar-refractivity contribution in [3.8, 4) is 0 Å². The molecular formula is C11H21F3N2O. The number of nitrogens with zero attached hydrogens (tertiary/aromatic N) is 1. The van der Waals surface area contributed by atoms with Crippen LogP contribution in [-0.4, -0.2) is 36.6 Å². The summed E-state index contributed by atoms with van der Waals surface area (Å²) < 4.78 is 37.0. The molecule has 0 fully saturated rings. The molecule has 2 N–H and O–H groups in total. The van der Waals surface area contributed by atoms with E-state index in [4.69, 9.17) is 5.73 Å². The van der Waals surface area contributed by atoms with Gasteiger partial charge in [-0.1, -0.05) is 20.8 Å². The van der Waals surface area contributed by atoms with Crippen molar-refractivity contribution in [2.75, 3.05) is 19.6 Å². The molecule has 0 aliphatic carbocycles. The zero-order valence-electron chi connectivity index (χ0n) is 10.5. The van der Waals surface area contributed by atoms with Crippen LogP contribution in [0.3, 0.4) is 0 Å². The van der Waals surface area contributed by atoms with E-state index in [1.807, 2.05) is 0 Å². The average Bonchev–Trinajstić information content (AvgIpc) is 2.13. The summed E-state index contributed by atoms with van der Waals surface area (Å²) in [7, 11) is 0. The third-order valence-corrected chi connectivity index (χ3v) is 2.29. The molecule has 0 aromatic heterocycles. The van der Waals surface area contributed by atoms with Gasteiger partial charge in [0, 0.05) is 12.5 Å². The first-order valence-corrected chi connectivity index (χ1v) is 5.73. The summed E-state index contributed by atoms with van der Waals surface area (Å²) in [5.41, 5.74) is 5.30. The van der Waals surface area contributed by atoms with E-state index in [0.29, 0.717) is 13.0 Å². The smallest absolute Gasteiger partial charge is 0.333 e. The second kappa shape index (κ2) is 6.83. The molecule has 1 atom stereocenters. The zero-order valence-corrected chi connectivity index (χ0v) is 10.5. The quantitative estimate of drug-likeness (QED) is 0.788. The number of hydrogen-bond acceptors (Lipinski definition) is 2. The number of halogens is 3. The fraction of sp³-hybridized carbons (Fsp3) is 0.909. The number of amides is 1. The van der Waals surface area contributed by atoms with Gasteiger partial charge in [0.25, 0.3) is 0 Å². The molecular weight excluding hydrogens is 233 g/mol. The highest BCUT2D eigenvalue weighted by molar-refractivity contribution is 5.78. The predicted molar refractivity (Wildman–Crippen MR) is 60.3 cm³/mol. The molecule has 0 aromatic carbocycles. The van der Waals surface area contributed by atoms with Crippen molar-refractivity contribution in [3.63, 3.8) is 0 Å². The SMILES string of the molecule is CC(C)CN(CC(F)(F)F)C(=O)C(C)CCN. The van der Waals surface area contributed by atoms with Gasteiger partial charge >= 0.3 is 6.18 Å². The molecule has 102 valence electrons. The maximum atomic E-state index is 12.3. The third kappa shape index (κ3) is 7.20. The molecule has 0 aliphatic rings. The lowest BCUT2D eigenvalue weighted by molar-refractivity contribution is -0.164. The molecule has 1 unspecified atom stereocenters. The van der Waals surface area contributed by atoms with Crippen molar-refractivity contribution in [2.24, 2.45) is 17.6 Å². The van der Waals surface area contributed by atoms with E-state index in [0.717, 1.165) is 4.90 Å². The molecule has 0 aromatic rings. The Morgan fingerprint density at radius 2 is 1.82 bits per heavy atom. The van der Waals surface area contributed by atoms with Gasteiger partial charge in [-0.05, 0) is 18.9 Å². The Kier molecular flexibility index (Phi) is 6.52. The van der Waals surface area contributed by atoms with Gasteiger partial charge in [-0.3, -0.25) is 4.79 Å². The van der Waals surface area contributed by atoms with Crippen LogP contribution in [0.4, 0.5) is 13.2 Å². The van der Waals surface area contributed by atoms with Crippen molar-refractivity contribution >= 4 is 5.91 Å². The van der Waals surface area contributed by atoms with Crippen molar-refractivity contribution in [3.05, 3.63) is 0 Å². The fourth-order valence-electron chi connectivity index (χ4n) is 1.57. The van der Waals surface area contributed by atoms with Crippen LogP contribution < -0.4 is 5.73 Å². The average molecular weight is 254 g/mol. The van der Waals surface area contributed by atoms with Crippen molar-refractivity contribution < 1.29 is 18.0 Å². The molecule has 0 rings (SSSR count). The zero-order chi connectivity index (χ0) is 13.6. The largest absolute Gasteiger partial charge is 0.406 e. The minimum atomic E-state index is -4.35. The van der Waals surface area contributed by atoms with Crippen LogP contribution in [0.2, 0.25) is 0 Å². The predicted octanol–water partition coefficient (Wildman–Crippen LogP) is 2.02. The second-order valence-electron chi connectivity index (χ2n) is 4.71. The van der Waals surface area contributed by atoms with Crippen LogP contribution in [0.15, 0.2) is 0 Å². The van der Waals surface area contributed by atoms with E-state index in [-0.39, 0.29) is 12.5 Å². The number of hydrogen-bond donors (Lipinski definition) is 1. The number of carbonyl (C=O) groups is 1. The van der Waals surface area contributed by atoms with E-state index >= 15 is 0 Å². The first-order valence-electron chi connectivity index (χ1n) is 5.73. The lowest BCUT2D eigenvalue weighted by Crippen LogP contribution is -2.43. The Balaban J connectivity index is 4.61. The Labute approximate surface area is 100 Å². The van der Waals surface area contributed by atoms with Crippen molar-refractivity contribution in [1.29, 1.82) is 0 Å². The third-order valence-electron chi connectivity index (χ3n) is 2.29. The molecule has 1 amide bonds. The monoisotopic (exact) mass is 254 g/mol. The van der Waals surface area contributed by atoms with Gasteiger partial charge in [0.15, 0.2) is 0 Å². The van der Waals surface area contributed by atoms with Crippen LogP contribution in [0.25, 0.3) is 0 Å². The topological polar surface area (TPSA) is 46.3 Å². The molecule has 6 heteroatoms. The highest BCUT2D eigenvalue weighted by Crippen LogP contribution is 2.19. The summed E-state index contributed by atoms with van der Waals surface area (Å²) in [5.74, 6) is -0.922. The Morgan fingerprint density at radius 1 is 1.29 bits per heavy atom. The lowest BCUT2D eigenvalue weighted by Gasteiger charge is -2.28. The summed E-state index contributed by atoms with van der Waals surface area (Å²) in [6.45, 7) is 4.41. The van der Waals surface area contributed by atoms with Gasteiger partial charge in [0.05, 0.1) is 0 Å². The number of carbonyl (C=O) groups excluding carboxylic acids is 1. The van der Waals surface area contributed by atoms with Crippen molar-refractivity contribution in [2.45, 2.75) is 33.4 Å². The minimum Gasteiger partial charge on any atom is -0.333 e. The maximum Gasteiger partial charge on any atom is 0.406 e. The maximum absolute atomic E-state index is 12.3. The fourth-order valence-corrected chi connectivity index (χ4v) is 1.57. The van der Waals surface area contributed by atoms with E-state index in [1.54, 1.807) is 20.8 Å². The molecule has 0 spiro atoms. The second-order valence-corrected chi connectivity index (χ2v) is 4.71. The van der Waals surface area contributed by atoms with Crippen LogP contribution in [0.1, 0.15) is 27.2 Å². The van der Waals surface area contributed by atoms with Gasteiger partial charge in [-0.25, -0.2) is 0 Å². The molecule has 17 heavy (non-hydrogen) atoms. The summed E-state index contributed by atoms with van der Waals surface area (Å²) in [5, 5.41) is 0. The van der Waals surface area contributed by atoms with Crippen LogP contribution >= 0.6 is 0 Å². The van der Waals surface area contributed by atoms with Gasteiger partial charge < -0.3 is 10.6 Å². The first kappa shape index (κ1) is 16.2. The summed E-state index contributed by atoms with van der Waals surface area (Å²) >= 11 is 0. The van der Waals surface area contributed by atoms with Crippen LogP contribution in [-0.2, 0) is 4.79 Å². The summed E-state index contributed by atoms with van der Waals surface area (Å²) in [4.78, 5) is 12.7. The van der Waals surface area contributed by atoms with E-state index < -0.39 is 24.5 Å². The van der Waals surface area contributed by atoms with E-state index in [1.165, 1.54) is 0 Å². The molecule has 0 saturated carbocycles. The number of alkyl halides is 3. The Morgan fingerprint density at radius 3 is 2.18 bits per heavy atom. The highest BCUT2D eigenvalue weighted by atomic mass is 19.4. The number of nitrogens with two attached hydrogens (primary N) is 1. The Bertz CT molecular complexity index is 241. The van der Waals surface area contributed by atoms with Crippen LogP contribution in [0, 0.1) is 11.8 Å². The standard InChI is InChI=1S/C11H21F3N2O/c1-8(2)6-16(7-11(12,13)14)10(17)9(3)4-5-15/h8-9H,4-7,15H2,1-3H3. The van der Waals surface area contributed by atoms with E-state index in [9.17, 15) is 18.0 Å². The number of rotatable bonds is 6. The Hall–Kier alpha value is -0.780. The van der Waals surface area contributed by atoms with Crippen molar-refractivity contribution in [1.82, 2.24) is 4.90 Å². The first-order chi connectivity index (χ1) is 7.67. The highest BCUT2D eigenvalue weighted by Gasteiger charge is 2.34.